The highest BCUT2D eigenvalue weighted by Gasteiger charge is 2.18. The van der Waals surface area contributed by atoms with Gasteiger partial charge in [0.2, 0.25) is 5.91 Å². The lowest BCUT2D eigenvalue weighted by Gasteiger charge is -2.33. The molecule has 0 saturated carbocycles. The monoisotopic (exact) mass is 443 g/mol. The average molecular weight is 444 g/mol. The number of carbonyl (C=O) groups excluding carboxylic acids is 1. The number of rotatable bonds is 8. The summed E-state index contributed by atoms with van der Waals surface area (Å²) in [6, 6.07) is 28.6. The molecule has 1 aliphatic heterocycles. The van der Waals surface area contributed by atoms with Crippen LogP contribution in [0.25, 0.3) is 6.08 Å². The van der Waals surface area contributed by atoms with E-state index in [1.807, 2.05) is 42.5 Å². The van der Waals surface area contributed by atoms with Crippen LogP contribution in [0.5, 0.6) is 0 Å². The van der Waals surface area contributed by atoms with Gasteiger partial charge < -0.3 is 5.32 Å². The van der Waals surface area contributed by atoms with Crippen molar-refractivity contribution in [2.75, 3.05) is 44.6 Å². The zero-order valence-corrected chi connectivity index (χ0v) is 19.0. The Balaban J connectivity index is 1.23. The van der Waals surface area contributed by atoms with Gasteiger partial charge >= 0.3 is 0 Å². The SMILES string of the molecule is O=C(CN1CCN(CC=Cc2ccccc2)CC1)Nc1ccccc1Sc1ccccc1. The Kier molecular flexibility index (Phi) is 8.15. The fourth-order valence-corrected chi connectivity index (χ4v) is 4.62. The lowest BCUT2D eigenvalue weighted by atomic mass is 10.2. The number of carbonyl (C=O) groups is 1. The van der Waals surface area contributed by atoms with Crippen molar-refractivity contribution in [3.8, 4) is 0 Å². The van der Waals surface area contributed by atoms with Gasteiger partial charge in [-0.25, -0.2) is 0 Å². The van der Waals surface area contributed by atoms with E-state index < -0.39 is 0 Å². The summed E-state index contributed by atoms with van der Waals surface area (Å²) in [4.78, 5) is 19.6. The summed E-state index contributed by atoms with van der Waals surface area (Å²) in [5, 5.41) is 3.12. The third-order valence-electron chi connectivity index (χ3n) is 5.44. The average Bonchev–Trinajstić information content (AvgIpc) is 2.83. The van der Waals surface area contributed by atoms with E-state index in [4.69, 9.17) is 0 Å². The van der Waals surface area contributed by atoms with Crippen LogP contribution < -0.4 is 5.32 Å². The van der Waals surface area contributed by atoms with Crippen molar-refractivity contribution in [2.24, 2.45) is 0 Å². The first-order valence-corrected chi connectivity index (χ1v) is 11.9. The minimum Gasteiger partial charge on any atom is -0.324 e. The van der Waals surface area contributed by atoms with Gasteiger partial charge in [0.25, 0.3) is 0 Å². The topological polar surface area (TPSA) is 35.6 Å². The van der Waals surface area contributed by atoms with Gasteiger partial charge in [-0.2, -0.15) is 0 Å². The molecule has 32 heavy (non-hydrogen) atoms. The molecule has 0 aliphatic carbocycles. The highest BCUT2D eigenvalue weighted by Crippen LogP contribution is 2.33. The van der Waals surface area contributed by atoms with Gasteiger partial charge in [0.05, 0.1) is 12.2 Å². The standard InChI is InChI=1S/C27H29N3OS/c31-27(28-25-15-7-8-16-26(25)32-24-13-5-2-6-14-24)22-30-20-18-29(19-21-30)17-9-12-23-10-3-1-4-11-23/h1-16H,17-22H2,(H,28,31). The maximum Gasteiger partial charge on any atom is 0.238 e. The molecule has 0 atom stereocenters. The molecule has 1 heterocycles. The fourth-order valence-electron chi connectivity index (χ4n) is 3.70. The molecule has 1 N–H and O–H groups in total. The number of benzene rings is 3. The molecule has 0 unspecified atom stereocenters. The summed E-state index contributed by atoms with van der Waals surface area (Å²) in [5.41, 5.74) is 2.10. The molecule has 0 radical (unpaired) electrons. The number of hydrogen-bond acceptors (Lipinski definition) is 4. The van der Waals surface area contributed by atoms with Crippen LogP contribution in [-0.2, 0) is 4.79 Å². The maximum absolute atomic E-state index is 12.7. The van der Waals surface area contributed by atoms with Crippen molar-refractivity contribution < 1.29 is 4.79 Å². The predicted octanol–water partition coefficient (Wildman–Crippen LogP) is 5.11. The summed E-state index contributed by atoms with van der Waals surface area (Å²) in [7, 11) is 0. The number of piperazine rings is 1. The van der Waals surface area contributed by atoms with E-state index >= 15 is 0 Å². The number of hydrogen-bond donors (Lipinski definition) is 1. The summed E-state index contributed by atoms with van der Waals surface area (Å²) in [5.74, 6) is 0.0449. The second-order valence-corrected chi connectivity index (χ2v) is 8.96. The van der Waals surface area contributed by atoms with Crippen LogP contribution in [0.3, 0.4) is 0 Å². The van der Waals surface area contributed by atoms with E-state index in [1.165, 1.54) is 5.56 Å². The van der Waals surface area contributed by atoms with Gasteiger partial charge in [0.15, 0.2) is 0 Å². The maximum atomic E-state index is 12.7. The van der Waals surface area contributed by atoms with Gasteiger partial charge in [-0.3, -0.25) is 14.6 Å². The first-order valence-electron chi connectivity index (χ1n) is 11.0. The third kappa shape index (κ3) is 6.82. The molecule has 0 bridgehead atoms. The first-order chi connectivity index (χ1) is 15.8. The van der Waals surface area contributed by atoms with Crippen molar-refractivity contribution in [3.05, 3.63) is 96.6 Å². The van der Waals surface area contributed by atoms with Crippen molar-refractivity contribution in [3.63, 3.8) is 0 Å². The Morgan fingerprint density at radius 3 is 2.19 bits per heavy atom. The van der Waals surface area contributed by atoms with Crippen molar-refractivity contribution in [2.45, 2.75) is 9.79 Å². The summed E-state index contributed by atoms with van der Waals surface area (Å²) >= 11 is 1.67. The molecule has 3 aromatic carbocycles. The Labute approximate surface area is 194 Å². The third-order valence-corrected chi connectivity index (χ3v) is 6.52. The minimum absolute atomic E-state index is 0.0449. The molecular weight excluding hydrogens is 414 g/mol. The number of amides is 1. The molecule has 5 heteroatoms. The quantitative estimate of drug-likeness (QED) is 0.525. The van der Waals surface area contributed by atoms with E-state index in [1.54, 1.807) is 11.8 Å². The van der Waals surface area contributed by atoms with Crippen LogP contribution in [0.2, 0.25) is 0 Å². The lowest BCUT2D eigenvalue weighted by molar-refractivity contribution is -0.117. The number of para-hydroxylation sites is 1. The molecule has 1 aliphatic rings. The molecule has 4 nitrogen and oxygen atoms in total. The molecule has 4 rings (SSSR count). The second kappa shape index (κ2) is 11.7. The van der Waals surface area contributed by atoms with E-state index in [0.29, 0.717) is 6.54 Å². The van der Waals surface area contributed by atoms with Crippen LogP contribution in [0.1, 0.15) is 5.56 Å². The van der Waals surface area contributed by atoms with E-state index in [9.17, 15) is 4.79 Å². The summed E-state index contributed by atoms with van der Waals surface area (Å²) < 4.78 is 0. The number of nitrogens with zero attached hydrogens (tertiary/aromatic N) is 2. The smallest absolute Gasteiger partial charge is 0.238 e. The van der Waals surface area contributed by atoms with Crippen LogP contribution >= 0.6 is 11.8 Å². The Morgan fingerprint density at radius 2 is 1.44 bits per heavy atom. The normalized spacial score (nSPS) is 15.1. The minimum atomic E-state index is 0.0449. The molecule has 0 aromatic heterocycles. The van der Waals surface area contributed by atoms with Crippen molar-refractivity contribution in [1.82, 2.24) is 9.80 Å². The van der Waals surface area contributed by atoms with Gasteiger partial charge in [-0.15, -0.1) is 0 Å². The fraction of sp³-hybridized carbons (Fsp3) is 0.222. The van der Waals surface area contributed by atoms with E-state index in [2.05, 4.69) is 69.7 Å². The van der Waals surface area contributed by atoms with Crippen molar-refractivity contribution in [1.29, 1.82) is 0 Å². The largest absolute Gasteiger partial charge is 0.324 e. The van der Waals surface area contributed by atoms with Crippen molar-refractivity contribution >= 4 is 29.4 Å². The van der Waals surface area contributed by atoms with Gasteiger partial charge in [-0.05, 0) is 29.8 Å². The van der Waals surface area contributed by atoms with Crippen LogP contribution in [0, 0.1) is 0 Å². The van der Waals surface area contributed by atoms with E-state index in [0.717, 1.165) is 48.2 Å². The molecule has 1 saturated heterocycles. The molecule has 1 fully saturated rings. The number of anilines is 1. The molecule has 0 spiro atoms. The molecule has 1 amide bonds. The van der Waals surface area contributed by atoms with Gasteiger partial charge in [0, 0.05) is 42.5 Å². The van der Waals surface area contributed by atoms with Crippen LogP contribution in [-0.4, -0.2) is 55.0 Å². The Hall–Kier alpha value is -2.86. The summed E-state index contributed by atoms with van der Waals surface area (Å²) in [6.07, 6.45) is 4.39. The van der Waals surface area contributed by atoms with E-state index in [-0.39, 0.29) is 5.91 Å². The molecular formula is C27H29N3OS. The second-order valence-electron chi connectivity index (χ2n) is 7.85. The first kappa shape index (κ1) is 22.3. The highest BCUT2D eigenvalue weighted by molar-refractivity contribution is 7.99. The Bertz CT molecular complexity index is 1020. The highest BCUT2D eigenvalue weighted by atomic mass is 32.2. The molecule has 164 valence electrons. The summed E-state index contributed by atoms with van der Waals surface area (Å²) in [6.45, 7) is 5.15. The lowest BCUT2D eigenvalue weighted by Crippen LogP contribution is -2.48. The molecule has 3 aromatic rings. The van der Waals surface area contributed by atoms with Crippen LogP contribution in [0.15, 0.2) is 101 Å². The predicted molar refractivity (Wildman–Crippen MR) is 134 cm³/mol. The Morgan fingerprint density at radius 1 is 0.812 bits per heavy atom. The zero-order chi connectivity index (χ0) is 22.0. The van der Waals surface area contributed by atoms with Gasteiger partial charge in [0.1, 0.15) is 0 Å². The zero-order valence-electron chi connectivity index (χ0n) is 18.2. The van der Waals surface area contributed by atoms with Gasteiger partial charge in [-0.1, -0.05) is 84.6 Å². The van der Waals surface area contributed by atoms with Crippen LogP contribution in [0.4, 0.5) is 5.69 Å². The number of nitrogens with one attached hydrogen (secondary N) is 1.